The maximum Gasteiger partial charge on any atom is 0.378 e. The number of aryl methyl sites for hydroxylation is 1. The molecule has 22 heavy (non-hydrogen) atoms. The predicted molar refractivity (Wildman–Crippen MR) is 76.2 cm³/mol. The van der Waals surface area contributed by atoms with Crippen molar-refractivity contribution in [2.75, 3.05) is 0 Å². The summed E-state index contributed by atoms with van der Waals surface area (Å²) >= 11 is 0. The highest BCUT2D eigenvalue weighted by Crippen LogP contribution is 2.64. The Hall–Kier alpha value is -2.86. The summed E-state index contributed by atoms with van der Waals surface area (Å²) < 4.78 is 5.80. The molecule has 6 nitrogen and oxygen atoms in total. The minimum atomic E-state index is -1.83. The van der Waals surface area contributed by atoms with Crippen molar-refractivity contribution in [1.29, 1.82) is 10.5 Å². The zero-order valence-corrected chi connectivity index (χ0v) is 11.9. The molecule has 1 heterocycles. The van der Waals surface area contributed by atoms with Gasteiger partial charge in [0.1, 0.15) is 11.7 Å². The number of benzene rings is 1. The molecule has 0 bridgehead atoms. The molecule has 3 atom stereocenters. The summed E-state index contributed by atoms with van der Waals surface area (Å²) in [6, 6.07) is 9.27. The minimum Gasteiger partial charge on any atom is -0.426 e. The van der Waals surface area contributed by atoms with Gasteiger partial charge in [-0.1, -0.05) is 24.3 Å². The number of hydrogen-bond donors (Lipinski definition) is 0. The molecule has 0 amide bonds. The van der Waals surface area contributed by atoms with E-state index in [0.29, 0.717) is 11.3 Å². The first kappa shape index (κ1) is 14.1. The molecule has 1 aromatic carbocycles. The first-order valence-electron chi connectivity index (χ1n) is 6.85. The van der Waals surface area contributed by atoms with Crippen LogP contribution in [0.15, 0.2) is 30.9 Å². The lowest BCUT2D eigenvalue weighted by molar-refractivity contribution is -0.622. The molecule has 110 valence electrons. The van der Waals surface area contributed by atoms with E-state index < -0.39 is 27.9 Å². The van der Waals surface area contributed by atoms with Crippen LogP contribution in [0.2, 0.25) is 0 Å². The number of nitrogens with zero attached hydrogens (tertiary/aromatic N) is 3. The molecule has 3 rings (SSSR count). The lowest BCUT2D eigenvalue weighted by atomic mass is 9.75. The number of rotatable bonds is 2. The molecule has 1 unspecified atom stereocenters. The van der Waals surface area contributed by atoms with E-state index in [1.54, 1.807) is 25.1 Å². The van der Waals surface area contributed by atoms with Crippen LogP contribution in [-0.4, -0.2) is 10.6 Å². The summed E-state index contributed by atoms with van der Waals surface area (Å²) in [4.78, 5) is 11.4. The van der Waals surface area contributed by atoms with Crippen molar-refractivity contribution in [3.8, 4) is 17.9 Å². The quantitative estimate of drug-likeness (QED) is 0.474. The second kappa shape index (κ2) is 4.32. The third-order valence-electron chi connectivity index (χ3n) is 4.77. The van der Waals surface area contributed by atoms with E-state index >= 15 is 0 Å². The minimum absolute atomic E-state index is 0.0442. The predicted octanol–water partition coefficient (Wildman–Crippen LogP) is 2.68. The molecule has 0 saturated heterocycles. The van der Waals surface area contributed by atoms with Gasteiger partial charge in [-0.15, -0.1) is 6.58 Å². The summed E-state index contributed by atoms with van der Waals surface area (Å²) in [5.41, 5.74) is -2.02. The fraction of sp³-hybridized carbons (Fsp3) is 0.375. The average molecular weight is 295 g/mol. The van der Waals surface area contributed by atoms with Gasteiger partial charge in [0, 0.05) is 5.56 Å². The molecule has 2 aliphatic rings. The van der Waals surface area contributed by atoms with Crippen LogP contribution >= 0.6 is 0 Å². The zero-order valence-electron chi connectivity index (χ0n) is 11.9. The van der Waals surface area contributed by atoms with Crippen LogP contribution in [0, 0.1) is 51.0 Å². The van der Waals surface area contributed by atoms with Crippen molar-refractivity contribution in [1.82, 2.24) is 0 Å². The van der Waals surface area contributed by atoms with Crippen LogP contribution in [0.4, 0.5) is 0 Å². The average Bonchev–Trinajstić information content (AvgIpc) is 3.00. The van der Waals surface area contributed by atoms with Gasteiger partial charge in [-0.05, 0) is 18.9 Å². The molecule has 6 heteroatoms. The highest BCUT2D eigenvalue weighted by atomic mass is 16.7. The van der Waals surface area contributed by atoms with Crippen molar-refractivity contribution in [3.63, 3.8) is 0 Å². The van der Waals surface area contributed by atoms with E-state index in [4.69, 9.17) is 4.74 Å². The second-order valence-corrected chi connectivity index (χ2v) is 5.78. The van der Waals surface area contributed by atoms with E-state index in [-0.39, 0.29) is 6.42 Å². The third kappa shape index (κ3) is 1.37. The van der Waals surface area contributed by atoms with Crippen molar-refractivity contribution in [2.24, 2.45) is 11.3 Å². The van der Waals surface area contributed by atoms with Gasteiger partial charge in [-0.3, -0.25) is 10.1 Å². The smallest absolute Gasteiger partial charge is 0.378 e. The Morgan fingerprint density at radius 3 is 2.73 bits per heavy atom. The maximum atomic E-state index is 11.9. The number of nitriles is 2. The topological polar surface area (TPSA) is 100.0 Å². The Morgan fingerprint density at radius 1 is 1.50 bits per heavy atom. The Bertz CT molecular complexity index is 760. The largest absolute Gasteiger partial charge is 0.426 e. The Morgan fingerprint density at radius 2 is 2.18 bits per heavy atom. The van der Waals surface area contributed by atoms with Gasteiger partial charge >= 0.3 is 5.72 Å². The number of para-hydroxylation sites is 1. The van der Waals surface area contributed by atoms with Gasteiger partial charge in [0.05, 0.1) is 23.0 Å². The molecular weight excluding hydrogens is 282 g/mol. The van der Waals surface area contributed by atoms with Crippen molar-refractivity contribution in [2.45, 2.75) is 25.0 Å². The fourth-order valence-electron chi connectivity index (χ4n) is 3.78. The van der Waals surface area contributed by atoms with Crippen molar-refractivity contribution < 1.29 is 9.66 Å². The molecule has 0 radical (unpaired) electrons. The Kier molecular flexibility index (Phi) is 2.76. The van der Waals surface area contributed by atoms with E-state index in [9.17, 15) is 20.6 Å². The molecule has 1 aliphatic heterocycles. The van der Waals surface area contributed by atoms with E-state index in [1.807, 2.05) is 12.1 Å². The SMILES string of the molecule is C=CC1CC(C#N)(C#N)[C@H]2c3cccc(C)c3O[C@@]12[N+](=O)[O-]. The van der Waals surface area contributed by atoms with Gasteiger partial charge < -0.3 is 4.74 Å². The Labute approximate surface area is 127 Å². The lowest BCUT2D eigenvalue weighted by Crippen LogP contribution is -2.49. The number of ether oxygens (including phenoxy) is 1. The Balaban J connectivity index is 2.36. The fourth-order valence-corrected chi connectivity index (χ4v) is 3.78. The van der Waals surface area contributed by atoms with Gasteiger partial charge in [0.25, 0.3) is 0 Å². The van der Waals surface area contributed by atoms with Gasteiger partial charge in [-0.25, -0.2) is 0 Å². The molecule has 1 fully saturated rings. The summed E-state index contributed by atoms with van der Waals surface area (Å²) in [5, 5.41) is 31.1. The number of hydrogen-bond acceptors (Lipinski definition) is 5. The lowest BCUT2D eigenvalue weighted by Gasteiger charge is -2.25. The first-order chi connectivity index (χ1) is 10.5. The van der Waals surface area contributed by atoms with Crippen molar-refractivity contribution in [3.05, 3.63) is 52.1 Å². The van der Waals surface area contributed by atoms with E-state index in [2.05, 4.69) is 6.58 Å². The van der Waals surface area contributed by atoms with E-state index in [0.717, 1.165) is 5.56 Å². The maximum absolute atomic E-state index is 11.9. The first-order valence-corrected chi connectivity index (χ1v) is 6.85. The van der Waals surface area contributed by atoms with Crippen LogP contribution in [0.25, 0.3) is 0 Å². The van der Waals surface area contributed by atoms with Gasteiger partial charge in [0.2, 0.25) is 0 Å². The molecule has 0 aromatic heterocycles. The van der Waals surface area contributed by atoms with Gasteiger partial charge in [0.15, 0.2) is 5.41 Å². The van der Waals surface area contributed by atoms with Crippen molar-refractivity contribution >= 4 is 0 Å². The zero-order chi connectivity index (χ0) is 16.1. The molecule has 1 aromatic rings. The van der Waals surface area contributed by atoms with Crippen LogP contribution in [0.3, 0.4) is 0 Å². The van der Waals surface area contributed by atoms with E-state index in [1.165, 1.54) is 6.08 Å². The van der Waals surface area contributed by atoms with Crippen LogP contribution in [0.5, 0.6) is 5.75 Å². The summed E-state index contributed by atoms with van der Waals surface area (Å²) in [6.07, 6.45) is 1.47. The van der Waals surface area contributed by atoms with Crippen LogP contribution < -0.4 is 4.74 Å². The molecule has 1 saturated carbocycles. The molecular formula is C16H13N3O3. The standard InChI is InChI=1S/C16H13N3O3/c1-3-11-7-15(8-17,9-18)14-12-6-4-5-10(2)13(12)22-16(11,14)19(20)21/h3-6,11,14H,1,7H2,2H3/t11?,14-,16+/m1/s1. The molecule has 0 spiro atoms. The third-order valence-corrected chi connectivity index (χ3v) is 4.77. The summed E-state index contributed by atoms with van der Waals surface area (Å²) in [7, 11) is 0. The molecule has 0 N–H and O–H groups in total. The summed E-state index contributed by atoms with van der Waals surface area (Å²) in [6.45, 7) is 5.44. The monoisotopic (exact) mass is 295 g/mol. The summed E-state index contributed by atoms with van der Waals surface area (Å²) in [5.74, 6) is -1.23. The molecule has 1 aliphatic carbocycles. The van der Waals surface area contributed by atoms with Crippen LogP contribution in [0.1, 0.15) is 23.5 Å². The number of fused-ring (bicyclic) bond motifs is 3. The highest BCUT2D eigenvalue weighted by molar-refractivity contribution is 5.53. The van der Waals surface area contributed by atoms with Gasteiger partial charge in [-0.2, -0.15) is 10.5 Å². The number of nitro groups is 1. The van der Waals surface area contributed by atoms with Crippen LogP contribution in [-0.2, 0) is 0 Å². The highest BCUT2D eigenvalue weighted by Gasteiger charge is 2.76. The second-order valence-electron chi connectivity index (χ2n) is 5.78. The normalized spacial score (nSPS) is 30.3.